The molecule has 0 spiro atoms. The largest absolute Gasteiger partial charge is 0.497 e. The van der Waals surface area contributed by atoms with Crippen LogP contribution in [0.25, 0.3) is 0 Å². The molecule has 0 radical (unpaired) electrons. The van der Waals surface area contributed by atoms with Crippen LogP contribution in [0.5, 0.6) is 17.2 Å². The molecule has 3 aromatic rings. The number of benzene rings is 3. The minimum Gasteiger partial charge on any atom is -0.497 e. The van der Waals surface area contributed by atoms with Crippen LogP contribution in [-0.2, 0) is 16.1 Å². The topological polar surface area (TPSA) is 100 Å². The van der Waals surface area contributed by atoms with Crippen molar-refractivity contribution in [3.63, 3.8) is 0 Å². The smallest absolute Gasteiger partial charge is 0.338 e. The van der Waals surface area contributed by atoms with Gasteiger partial charge in [0, 0.05) is 5.56 Å². The first-order valence-corrected chi connectivity index (χ1v) is 10.00. The molecule has 33 heavy (non-hydrogen) atoms. The molecule has 0 saturated carbocycles. The number of ether oxygens (including phenoxy) is 4. The van der Waals surface area contributed by atoms with E-state index in [2.05, 4.69) is 5.32 Å². The maximum Gasteiger partial charge on any atom is 0.338 e. The number of carbonyl (C=O) groups is 3. The van der Waals surface area contributed by atoms with Crippen LogP contribution >= 0.6 is 0 Å². The number of amides is 2. The number of methoxy groups -OCH3 is 2. The fraction of sp³-hybridized carbons (Fsp3) is 0.160. The van der Waals surface area contributed by atoms with E-state index in [0.29, 0.717) is 23.9 Å². The minimum absolute atomic E-state index is 0.174. The average Bonchev–Trinajstić information content (AvgIpc) is 2.86. The van der Waals surface area contributed by atoms with E-state index in [9.17, 15) is 14.4 Å². The summed E-state index contributed by atoms with van der Waals surface area (Å²) in [6, 6.07) is 20.4. The second-order valence-corrected chi connectivity index (χ2v) is 6.82. The number of carbonyl (C=O) groups excluding carboxylic acids is 3. The minimum atomic E-state index is -0.751. The number of rotatable bonds is 9. The van der Waals surface area contributed by atoms with E-state index < -0.39 is 24.4 Å². The Bertz CT molecular complexity index is 1110. The van der Waals surface area contributed by atoms with Gasteiger partial charge in [0.15, 0.2) is 18.1 Å². The van der Waals surface area contributed by atoms with Crippen molar-refractivity contribution in [2.45, 2.75) is 6.61 Å². The van der Waals surface area contributed by atoms with Crippen molar-refractivity contribution in [1.29, 1.82) is 0 Å². The van der Waals surface area contributed by atoms with Gasteiger partial charge in [-0.25, -0.2) is 4.79 Å². The van der Waals surface area contributed by atoms with Crippen molar-refractivity contribution in [1.82, 2.24) is 5.32 Å². The maximum absolute atomic E-state index is 12.3. The van der Waals surface area contributed by atoms with Crippen LogP contribution in [0.1, 0.15) is 26.3 Å². The molecule has 0 unspecified atom stereocenters. The Morgan fingerprint density at radius 3 is 2.15 bits per heavy atom. The summed E-state index contributed by atoms with van der Waals surface area (Å²) >= 11 is 0. The van der Waals surface area contributed by atoms with Gasteiger partial charge in [-0.2, -0.15) is 0 Å². The predicted molar refractivity (Wildman–Crippen MR) is 120 cm³/mol. The number of hydrogen-bond acceptors (Lipinski definition) is 7. The highest BCUT2D eigenvalue weighted by atomic mass is 16.5. The van der Waals surface area contributed by atoms with Crippen LogP contribution in [-0.4, -0.2) is 38.6 Å². The molecule has 3 rings (SSSR count). The fourth-order valence-corrected chi connectivity index (χ4v) is 2.84. The molecule has 8 nitrogen and oxygen atoms in total. The molecule has 2 amide bonds. The molecule has 0 aliphatic carbocycles. The summed E-state index contributed by atoms with van der Waals surface area (Å²) in [4.78, 5) is 36.5. The highest BCUT2D eigenvalue weighted by Crippen LogP contribution is 2.29. The third-order valence-corrected chi connectivity index (χ3v) is 4.58. The van der Waals surface area contributed by atoms with E-state index in [1.807, 2.05) is 30.3 Å². The third kappa shape index (κ3) is 6.57. The Morgan fingerprint density at radius 1 is 0.788 bits per heavy atom. The van der Waals surface area contributed by atoms with Gasteiger partial charge in [-0.3, -0.25) is 14.9 Å². The molecule has 0 fully saturated rings. The molecule has 0 heterocycles. The molecular formula is C25H23NO7. The van der Waals surface area contributed by atoms with Crippen LogP contribution < -0.4 is 19.5 Å². The quantitative estimate of drug-likeness (QED) is 0.500. The Balaban J connectivity index is 1.53. The zero-order valence-corrected chi connectivity index (χ0v) is 18.2. The van der Waals surface area contributed by atoms with E-state index in [0.717, 1.165) is 5.56 Å². The lowest BCUT2D eigenvalue weighted by molar-refractivity contribution is -0.123. The summed E-state index contributed by atoms with van der Waals surface area (Å²) in [7, 11) is 2.96. The number of esters is 1. The summed E-state index contributed by atoms with van der Waals surface area (Å²) in [6.45, 7) is -0.279. The van der Waals surface area contributed by atoms with Crippen molar-refractivity contribution >= 4 is 17.8 Å². The van der Waals surface area contributed by atoms with Gasteiger partial charge in [0.1, 0.15) is 12.4 Å². The second-order valence-electron chi connectivity index (χ2n) is 6.82. The molecule has 170 valence electrons. The van der Waals surface area contributed by atoms with Crippen molar-refractivity contribution in [2.75, 3.05) is 20.8 Å². The lowest BCUT2D eigenvalue weighted by Crippen LogP contribution is -2.34. The van der Waals surface area contributed by atoms with Gasteiger partial charge >= 0.3 is 5.97 Å². The fourth-order valence-electron chi connectivity index (χ4n) is 2.84. The molecule has 0 saturated heterocycles. The molecule has 0 aromatic heterocycles. The van der Waals surface area contributed by atoms with Gasteiger partial charge in [-0.1, -0.05) is 30.3 Å². The molecule has 3 aromatic carbocycles. The first-order valence-electron chi connectivity index (χ1n) is 10.00. The molecule has 8 heteroatoms. The normalized spacial score (nSPS) is 10.1. The lowest BCUT2D eigenvalue weighted by atomic mass is 10.2. The first-order chi connectivity index (χ1) is 16.0. The zero-order chi connectivity index (χ0) is 23.6. The van der Waals surface area contributed by atoms with Crippen molar-refractivity contribution < 1.29 is 33.3 Å². The summed E-state index contributed by atoms with van der Waals surface area (Å²) < 4.78 is 21.1. The molecule has 0 aliphatic rings. The standard InChI is InChI=1S/C25H23NO7/c1-30-20-11-8-18(9-12-20)24(28)26-23(27)16-33-25(29)19-10-13-21(22(14-19)31-2)32-15-17-6-4-3-5-7-17/h3-14H,15-16H2,1-2H3,(H,26,27,28). The van der Waals surface area contributed by atoms with E-state index in [4.69, 9.17) is 18.9 Å². The molecule has 0 bridgehead atoms. The third-order valence-electron chi connectivity index (χ3n) is 4.58. The number of imide groups is 1. The Hall–Kier alpha value is -4.33. The van der Waals surface area contributed by atoms with Gasteiger partial charge in [-0.05, 0) is 48.0 Å². The zero-order valence-electron chi connectivity index (χ0n) is 18.2. The Labute approximate surface area is 191 Å². The monoisotopic (exact) mass is 449 g/mol. The van der Waals surface area contributed by atoms with E-state index in [1.54, 1.807) is 18.2 Å². The van der Waals surface area contributed by atoms with Crippen LogP contribution in [0.2, 0.25) is 0 Å². The Morgan fingerprint density at radius 2 is 1.48 bits per heavy atom. The maximum atomic E-state index is 12.3. The van der Waals surface area contributed by atoms with Crippen molar-refractivity contribution in [3.8, 4) is 17.2 Å². The summed E-state index contributed by atoms with van der Waals surface area (Å²) in [5.41, 5.74) is 1.43. The van der Waals surface area contributed by atoms with Crippen LogP contribution in [0.4, 0.5) is 0 Å². The molecule has 1 N–H and O–H groups in total. The van der Waals surface area contributed by atoms with Crippen LogP contribution in [0, 0.1) is 0 Å². The van der Waals surface area contributed by atoms with Gasteiger partial charge in [0.2, 0.25) is 0 Å². The van der Waals surface area contributed by atoms with Gasteiger partial charge in [0.05, 0.1) is 19.8 Å². The van der Waals surface area contributed by atoms with Gasteiger partial charge in [0.25, 0.3) is 11.8 Å². The lowest BCUT2D eigenvalue weighted by Gasteiger charge is -2.12. The summed E-state index contributed by atoms with van der Waals surface area (Å²) in [6.07, 6.45) is 0. The van der Waals surface area contributed by atoms with Gasteiger partial charge in [-0.15, -0.1) is 0 Å². The van der Waals surface area contributed by atoms with E-state index >= 15 is 0 Å². The number of nitrogens with one attached hydrogen (secondary N) is 1. The Kier molecular flexibility index (Phi) is 8.02. The second kappa shape index (κ2) is 11.3. The summed E-state index contributed by atoms with van der Waals surface area (Å²) in [5, 5.41) is 2.16. The molecular weight excluding hydrogens is 426 g/mol. The average molecular weight is 449 g/mol. The highest BCUT2D eigenvalue weighted by Gasteiger charge is 2.16. The molecule has 0 atom stereocenters. The summed E-state index contributed by atoms with van der Waals surface area (Å²) in [5.74, 6) is -0.715. The van der Waals surface area contributed by atoms with Gasteiger partial charge < -0.3 is 18.9 Å². The number of hydrogen-bond donors (Lipinski definition) is 1. The van der Waals surface area contributed by atoms with Crippen LogP contribution in [0.15, 0.2) is 72.8 Å². The van der Waals surface area contributed by atoms with E-state index in [1.165, 1.54) is 38.5 Å². The SMILES string of the molecule is COc1ccc(C(=O)NC(=O)COC(=O)c2ccc(OCc3ccccc3)c(OC)c2)cc1. The van der Waals surface area contributed by atoms with E-state index in [-0.39, 0.29) is 11.1 Å². The van der Waals surface area contributed by atoms with Crippen LogP contribution in [0.3, 0.4) is 0 Å². The predicted octanol–water partition coefficient (Wildman–Crippen LogP) is 3.40. The van der Waals surface area contributed by atoms with Crippen molar-refractivity contribution in [3.05, 3.63) is 89.5 Å². The molecule has 0 aliphatic heterocycles. The van der Waals surface area contributed by atoms with Crippen molar-refractivity contribution in [2.24, 2.45) is 0 Å². The highest BCUT2D eigenvalue weighted by molar-refractivity contribution is 6.05. The first kappa shape index (κ1) is 23.3.